The Morgan fingerprint density at radius 3 is 2.70 bits per heavy atom. The van der Waals surface area contributed by atoms with Gasteiger partial charge in [-0.25, -0.2) is 9.50 Å². The number of nitrogens with one attached hydrogen (secondary N) is 1. The minimum absolute atomic E-state index is 0.0832. The molecule has 27 heavy (non-hydrogen) atoms. The second kappa shape index (κ2) is 7.47. The van der Waals surface area contributed by atoms with E-state index in [0.717, 1.165) is 41.5 Å². The average molecular weight is 367 g/mol. The van der Waals surface area contributed by atoms with Crippen molar-refractivity contribution < 1.29 is 9.47 Å². The molecule has 1 aromatic carbocycles. The van der Waals surface area contributed by atoms with Gasteiger partial charge < -0.3 is 9.47 Å². The fourth-order valence-corrected chi connectivity index (χ4v) is 3.98. The molecule has 142 valence electrons. The Balaban J connectivity index is 1.66. The molecule has 1 N–H and O–H groups in total. The summed E-state index contributed by atoms with van der Waals surface area (Å²) >= 11 is 0. The Bertz CT molecular complexity index is 1000. The second-order valence-corrected chi connectivity index (χ2v) is 7.20. The Kier molecular flexibility index (Phi) is 4.88. The summed E-state index contributed by atoms with van der Waals surface area (Å²) in [6.45, 7) is 0. The summed E-state index contributed by atoms with van der Waals surface area (Å²) in [4.78, 5) is 17.2. The molecule has 0 spiro atoms. The number of aromatic nitrogens is 3. The molecule has 0 bridgehead atoms. The first-order valence-electron chi connectivity index (χ1n) is 9.52. The van der Waals surface area contributed by atoms with Gasteiger partial charge in [0.15, 0.2) is 5.65 Å². The standard InChI is InChI=1S/C21H25N3O3/c1-26-16-9-10-17(19(12-16)27-2)18-13-20-22-15(11-21(25)24(20)23-18)8-7-14-5-3-4-6-14/h9-14,23H,3-8H2,1-2H3. The average Bonchev–Trinajstić information content (AvgIpc) is 3.35. The molecular weight excluding hydrogens is 342 g/mol. The van der Waals surface area contributed by atoms with Crippen LogP contribution in [0, 0.1) is 5.92 Å². The lowest BCUT2D eigenvalue weighted by molar-refractivity contribution is 0.395. The van der Waals surface area contributed by atoms with Crippen molar-refractivity contribution in [1.29, 1.82) is 0 Å². The molecule has 0 amide bonds. The maximum atomic E-state index is 12.5. The molecular formula is C21H25N3O3. The number of rotatable bonds is 6. The second-order valence-electron chi connectivity index (χ2n) is 7.20. The topological polar surface area (TPSA) is 68.6 Å². The van der Waals surface area contributed by atoms with Crippen LogP contribution in [0.2, 0.25) is 0 Å². The highest BCUT2D eigenvalue weighted by Gasteiger charge is 2.16. The van der Waals surface area contributed by atoms with Crippen molar-refractivity contribution in [3.05, 3.63) is 46.4 Å². The van der Waals surface area contributed by atoms with Gasteiger partial charge in [0.2, 0.25) is 0 Å². The molecule has 6 heteroatoms. The van der Waals surface area contributed by atoms with Crippen molar-refractivity contribution in [2.75, 3.05) is 14.2 Å². The van der Waals surface area contributed by atoms with Crippen LogP contribution in [0.4, 0.5) is 0 Å². The summed E-state index contributed by atoms with van der Waals surface area (Å²) < 4.78 is 12.2. The third-order valence-corrected chi connectivity index (χ3v) is 5.49. The number of methoxy groups -OCH3 is 2. The number of hydrogen-bond donors (Lipinski definition) is 1. The summed E-state index contributed by atoms with van der Waals surface area (Å²) in [6.07, 6.45) is 7.28. The van der Waals surface area contributed by atoms with Crippen molar-refractivity contribution in [3.8, 4) is 22.8 Å². The molecule has 1 aliphatic carbocycles. The van der Waals surface area contributed by atoms with E-state index in [2.05, 4.69) is 5.10 Å². The van der Waals surface area contributed by atoms with Crippen LogP contribution in [0.1, 0.15) is 37.8 Å². The van der Waals surface area contributed by atoms with E-state index in [-0.39, 0.29) is 5.56 Å². The third kappa shape index (κ3) is 3.56. The molecule has 6 nitrogen and oxygen atoms in total. The summed E-state index contributed by atoms with van der Waals surface area (Å²) in [6, 6.07) is 9.14. The zero-order valence-corrected chi connectivity index (χ0v) is 15.8. The number of H-pyrrole nitrogens is 1. The van der Waals surface area contributed by atoms with E-state index in [1.807, 2.05) is 24.3 Å². The molecule has 0 unspecified atom stereocenters. The van der Waals surface area contributed by atoms with Crippen molar-refractivity contribution in [2.45, 2.75) is 38.5 Å². The molecule has 2 aromatic heterocycles. The number of benzene rings is 1. The number of hydrogen-bond acceptors (Lipinski definition) is 4. The Hall–Kier alpha value is -2.76. The van der Waals surface area contributed by atoms with Gasteiger partial charge in [0.1, 0.15) is 11.5 Å². The first-order valence-corrected chi connectivity index (χ1v) is 9.52. The van der Waals surface area contributed by atoms with Gasteiger partial charge >= 0.3 is 0 Å². The normalized spacial score (nSPS) is 14.7. The molecule has 0 saturated heterocycles. The van der Waals surface area contributed by atoms with Crippen molar-refractivity contribution in [2.24, 2.45) is 5.92 Å². The minimum Gasteiger partial charge on any atom is -0.497 e. The van der Waals surface area contributed by atoms with Crippen molar-refractivity contribution in [3.63, 3.8) is 0 Å². The molecule has 2 heterocycles. The van der Waals surface area contributed by atoms with Crippen LogP contribution in [0.25, 0.3) is 16.9 Å². The van der Waals surface area contributed by atoms with E-state index in [1.165, 1.54) is 30.2 Å². The summed E-state index contributed by atoms with van der Waals surface area (Å²) in [5, 5.41) is 3.14. The highest BCUT2D eigenvalue weighted by molar-refractivity contribution is 5.71. The van der Waals surface area contributed by atoms with Gasteiger partial charge in [-0.05, 0) is 30.9 Å². The van der Waals surface area contributed by atoms with E-state index in [4.69, 9.17) is 14.5 Å². The Morgan fingerprint density at radius 1 is 1.15 bits per heavy atom. The number of ether oxygens (including phenoxy) is 2. The van der Waals surface area contributed by atoms with E-state index in [9.17, 15) is 4.79 Å². The van der Waals surface area contributed by atoms with E-state index in [1.54, 1.807) is 20.3 Å². The van der Waals surface area contributed by atoms with Crippen LogP contribution in [-0.4, -0.2) is 28.8 Å². The van der Waals surface area contributed by atoms with Gasteiger partial charge in [0, 0.05) is 29.5 Å². The zero-order chi connectivity index (χ0) is 18.8. The van der Waals surface area contributed by atoms with Crippen LogP contribution >= 0.6 is 0 Å². The highest BCUT2D eigenvalue weighted by atomic mass is 16.5. The predicted octanol–water partition coefficient (Wildman–Crippen LogP) is 3.83. The Labute approximate surface area is 158 Å². The number of fused-ring (bicyclic) bond motifs is 1. The summed E-state index contributed by atoms with van der Waals surface area (Å²) in [7, 11) is 3.24. The number of aryl methyl sites for hydroxylation is 1. The molecule has 1 saturated carbocycles. The fourth-order valence-electron chi connectivity index (χ4n) is 3.98. The first kappa shape index (κ1) is 17.6. The first-order chi connectivity index (χ1) is 13.2. The van der Waals surface area contributed by atoms with E-state index < -0.39 is 0 Å². The minimum atomic E-state index is -0.0832. The number of nitrogens with zero attached hydrogens (tertiary/aromatic N) is 2. The van der Waals surface area contributed by atoms with Gasteiger partial charge in [0.25, 0.3) is 5.56 Å². The van der Waals surface area contributed by atoms with Crippen LogP contribution < -0.4 is 15.0 Å². The smallest absolute Gasteiger partial charge is 0.272 e. The SMILES string of the molecule is COc1ccc(-c2cc3nc(CCC4CCCC4)cc(=O)n3[nH]2)c(OC)c1. The summed E-state index contributed by atoms with van der Waals surface area (Å²) in [5.74, 6) is 2.18. The largest absolute Gasteiger partial charge is 0.497 e. The molecule has 3 aromatic rings. The van der Waals surface area contributed by atoms with Gasteiger partial charge in [-0.2, -0.15) is 0 Å². The van der Waals surface area contributed by atoms with Gasteiger partial charge in [0.05, 0.1) is 19.9 Å². The van der Waals surface area contributed by atoms with Crippen LogP contribution in [0.3, 0.4) is 0 Å². The molecule has 4 rings (SSSR count). The van der Waals surface area contributed by atoms with Crippen molar-refractivity contribution >= 4 is 5.65 Å². The quantitative estimate of drug-likeness (QED) is 0.719. The maximum absolute atomic E-state index is 12.5. The third-order valence-electron chi connectivity index (χ3n) is 5.49. The lowest BCUT2D eigenvalue weighted by atomic mass is 10.0. The predicted molar refractivity (Wildman–Crippen MR) is 105 cm³/mol. The molecule has 1 aliphatic rings. The molecule has 0 radical (unpaired) electrons. The number of aromatic amines is 1. The molecule has 0 atom stereocenters. The van der Waals surface area contributed by atoms with Crippen LogP contribution in [-0.2, 0) is 6.42 Å². The fraction of sp³-hybridized carbons (Fsp3) is 0.429. The van der Waals surface area contributed by atoms with Crippen LogP contribution in [0.15, 0.2) is 35.1 Å². The van der Waals surface area contributed by atoms with Gasteiger partial charge in [-0.1, -0.05) is 25.7 Å². The molecule has 0 aliphatic heterocycles. The Morgan fingerprint density at radius 2 is 1.96 bits per heavy atom. The van der Waals surface area contributed by atoms with Crippen LogP contribution in [0.5, 0.6) is 11.5 Å². The monoisotopic (exact) mass is 367 g/mol. The summed E-state index contributed by atoms with van der Waals surface area (Å²) in [5.41, 5.74) is 3.07. The zero-order valence-electron chi connectivity index (χ0n) is 15.8. The van der Waals surface area contributed by atoms with E-state index in [0.29, 0.717) is 11.4 Å². The van der Waals surface area contributed by atoms with Gasteiger partial charge in [-0.3, -0.25) is 9.89 Å². The van der Waals surface area contributed by atoms with Gasteiger partial charge in [-0.15, -0.1) is 0 Å². The lowest BCUT2D eigenvalue weighted by Gasteiger charge is -2.08. The lowest BCUT2D eigenvalue weighted by Crippen LogP contribution is -2.15. The molecule has 1 fully saturated rings. The highest BCUT2D eigenvalue weighted by Crippen LogP contribution is 2.33. The maximum Gasteiger partial charge on any atom is 0.272 e. The van der Waals surface area contributed by atoms with E-state index >= 15 is 0 Å². The van der Waals surface area contributed by atoms with Crippen molar-refractivity contribution in [1.82, 2.24) is 14.6 Å².